The molecule has 1 heterocycles. The molecule has 0 aliphatic carbocycles. The van der Waals surface area contributed by atoms with Gasteiger partial charge in [0, 0.05) is 25.0 Å². The number of amides is 1. The Kier molecular flexibility index (Phi) is 8.02. The first-order valence-electron chi connectivity index (χ1n) is 8.72. The van der Waals surface area contributed by atoms with Crippen LogP contribution in [0.5, 0.6) is 11.5 Å². The first-order chi connectivity index (χ1) is 13.6. The molecule has 0 unspecified atom stereocenters. The van der Waals surface area contributed by atoms with E-state index >= 15 is 0 Å². The molecule has 0 spiro atoms. The van der Waals surface area contributed by atoms with Gasteiger partial charge in [0.2, 0.25) is 5.91 Å². The molecule has 0 bridgehead atoms. The van der Waals surface area contributed by atoms with Gasteiger partial charge in [0.1, 0.15) is 6.54 Å². The number of rotatable bonds is 9. The average molecular weight is 384 g/mol. The Morgan fingerprint density at radius 2 is 1.89 bits per heavy atom. The fourth-order valence-electron chi connectivity index (χ4n) is 2.54. The third-order valence-electron chi connectivity index (χ3n) is 4.08. The van der Waals surface area contributed by atoms with Crippen LogP contribution in [0.2, 0.25) is 0 Å². The lowest BCUT2D eigenvalue weighted by molar-refractivity contribution is -0.145. The van der Waals surface area contributed by atoms with Crippen molar-refractivity contribution in [2.24, 2.45) is 0 Å². The van der Waals surface area contributed by atoms with Crippen LogP contribution in [0, 0.1) is 0 Å². The number of hydrogen-bond acceptors (Lipinski definition) is 6. The maximum atomic E-state index is 12.6. The molecule has 0 saturated carbocycles. The first-order valence-corrected chi connectivity index (χ1v) is 8.72. The van der Waals surface area contributed by atoms with Gasteiger partial charge in [-0.25, -0.2) is 0 Å². The molecule has 1 aromatic carbocycles. The molecular weight excluding hydrogens is 360 g/mol. The maximum Gasteiger partial charge on any atom is 0.325 e. The quantitative estimate of drug-likeness (QED) is 0.488. The smallest absolute Gasteiger partial charge is 0.325 e. The van der Waals surface area contributed by atoms with Crippen molar-refractivity contribution >= 4 is 18.0 Å². The molecule has 0 atom stereocenters. The van der Waals surface area contributed by atoms with Gasteiger partial charge in [0.05, 0.1) is 21.3 Å². The molecule has 28 heavy (non-hydrogen) atoms. The Hall–Kier alpha value is -3.35. The molecule has 1 aromatic heterocycles. The number of hydrogen-bond donors (Lipinski definition) is 0. The summed E-state index contributed by atoms with van der Waals surface area (Å²) in [7, 11) is 4.44. The highest BCUT2D eigenvalue weighted by molar-refractivity contribution is 5.93. The second-order valence-corrected chi connectivity index (χ2v) is 5.89. The number of pyridine rings is 1. The van der Waals surface area contributed by atoms with Crippen LogP contribution >= 0.6 is 0 Å². The molecule has 2 aromatic rings. The highest BCUT2D eigenvalue weighted by Gasteiger charge is 2.16. The molecule has 0 aliphatic rings. The largest absolute Gasteiger partial charge is 0.493 e. The third kappa shape index (κ3) is 6.12. The minimum atomic E-state index is -0.476. The predicted molar refractivity (Wildman–Crippen MR) is 105 cm³/mol. The molecule has 2 rings (SSSR count). The lowest BCUT2D eigenvalue weighted by atomic mass is 10.1. The van der Waals surface area contributed by atoms with Crippen molar-refractivity contribution in [3.63, 3.8) is 0 Å². The predicted octanol–water partition coefficient (Wildman–Crippen LogP) is 2.36. The number of carbonyl (C=O) groups excluding carboxylic acids is 2. The molecule has 1 amide bonds. The summed E-state index contributed by atoms with van der Waals surface area (Å²) in [6.07, 6.45) is 6.94. The van der Waals surface area contributed by atoms with Crippen LogP contribution in [0.1, 0.15) is 11.1 Å². The zero-order valence-corrected chi connectivity index (χ0v) is 16.3. The number of benzene rings is 1. The van der Waals surface area contributed by atoms with Crippen LogP contribution in [0.4, 0.5) is 0 Å². The lowest BCUT2D eigenvalue weighted by Gasteiger charge is -2.20. The summed E-state index contributed by atoms with van der Waals surface area (Å²) >= 11 is 0. The van der Waals surface area contributed by atoms with Gasteiger partial charge in [-0.1, -0.05) is 12.1 Å². The summed E-state index contributed by atoms with van der Waals surface area (Å²) in [4.78, 5) is 29.7. The van der Waals surface area contributed by atoms with Crippen molar-refractivity contribution in [2.45, 2.75) is 6.42 Å². The zero-order valence-electron chi connectivity index (χ0n) is 16.3. The van der Waals surface area contributed by atoms with Crippen LogP contribution in [-0.2, 0) is 20.7 Å². The number of nitrogens with zero attached hydrogens (tertiary/aromatic N) is 2. The summed E-state index contributed by atoms with van der Waals surface area (Å²) < 4.78 is 15.2. The maximum absolute atomic E-state index is 12.6. The van der Waals surface area contributed by atoms with Gasteiger partial charge in [0.15, 0.2) is 11.5 Å². The second kappa shape index (κ2) is 10.7. The van der Waals surface area contributed by atoms with E-state index in [0.717, 1.165) is 11.1 Å². The van der Waals surface area contributed by atoms with Crippen molar-refractivity contribution in [1.82, 2.24) is 9.88 Å². The van der Waals surface area contributed by atoms with Crippen molar-refractivity contribution < 1.29 is 23.8 Å². The van der Waals surface area contributed by atoms with E-state index in [1.165, 1.54) is 18.1 Å². The van der Waals surface area contributed by atoms with Gasteiger partial charge in [-0.15, -0.1) is 0 Å². The van der Waals surface area contributed by atoms with E-state index in [2.05, 4.69) is 4.98 Å². The zero-order chi connectivity index (χ0) is 20.4. The fraction of sp³-hybridized carbons (Fsp3) is 0.286. The normalized spacial score (nSPS) is 10.5. The van der Waals surface area contributed by atoms with E-state index in [4.69, 9.17) is 14.2 Å². The Morgan fingerprint density at radius 1 is 1.11 bits per heavy atom. The molecule has 0 aliphatic heterocycles. The molecule has 0 saturated heterocycles. The van der Waals surface area contributed by atoms with Crippen molar-refractivity contribution in [3.8, 4) is 11.5 Å². The fourth-order valence-corrected chi connectivity index (χ4v) is 2.54. The lowest BCUT2D eigenvalue weighted by Crippen LogP contribution is -2.36. The van der Waals surface area contributed by atoms with Crippen LogP contribution in [-0.4, -0.2) is 56.2 Å². The highest BCUT2D eigenvalue weighted by atomic mass is 16.5. The number of ether oxygens (including phenoxy) is 3. The van der Waals surface area contributed by atoms with Gasteiger partial charge in [-0.05, 0) is 41.8 Å². The minimum Gasteiger partial charge on any atom is -0.493 e. The Bertz CT molecular complexity index is 821. The van der Waals surface area contributed by atoms with E-state index < -0.39 is 5.97 Å². The van der Waals surface area contributed by atoms with Crippen LogP contribution in [0.3, 0.4) is 0 Å². The number of methoxy groups -OCH3 is 3. The molecule has 7 heteroatoms. The van der Waals surface area contributed by atoms with Crippen LogP contribution in [0.25, 0.3) is 6.08 Å². The topological polar surface area (TPSA) is 78.0 Å². The third-order valence-corrected chi connectivity index (χ3v) is 4.08. The number of aromatic nitrogens is 1. The summed E-state index contributed by atoms with van der Waals surface area (Å²) in [6, 6.07) is 9.18. The summed E-state index contributed by atoms with van der Waals surface area (Å²) in [5.41, 5.74) is 1.75. The van der Waals surface area contributed by atoms with Crippen LogP contribution < -0.4 is 9.47 Å². The Balaban J connectivity index is 2.09. The van der Waals surface area contributed by atoms with Gasteiger partial charge in [-0.2, -0.15) is 0 Å². The van der Waals surface area contributed by atoms with Crippen LogP contribution in [0.15, 0.2) is 48.8 Å². The van der Waals surface area contributed by atoms with E-state index in [9.17, 15) is 9.59 Å². The SMILES string of the molecule is COC(=O)CN(CCc1ccc(OC)c(OC)c1)C(=O)/C=C/c1cccnc1. The Labute approximate surface area is 164 Å². The van der Waals surface area contributed by atoms with Crippen molar-refractivity contribution in [1.29, 1.82) is 0 Å². The van der Waals surface area contributed by atoms with E-state index in [0.29, 0.717) is 24.5 Å². The van der Waals surface area contributed by atoms with Crippen molar-refractivity contribution in [2.75, 3.05) is 34.4 Å². The molecule has 0 radical (unpaired) electrons. The average Bonchev–Trinajstić information content (AvgIpc) is 2.75. The second-order valence-electron chi connectivity index (χ2n) is 5.89. The van der Waals surface area contributed by atoms with Gasteiger partial charge in [-0.3, -0.25) is 14.6 Å². The standard InChI is InChI=1S/C21H24N2O5/c1-26-18-8-6-16(13-19(18)27-2)10-12-23(15-21(25)28-3)20(24)9-7-17-5-4-11-22-14-17/h4-9,11,13-14H,10,12,15H2,1-3H3/b9-7+. The van der Waals surface area contributed by atoms with Gasteiger partial charge < -0.3 is 19.1 Å². The summed E-state index contributed by atoms with van der Waals surface area (Å²) in [6.45, 7) is 0.223. The van der Waals surface area contributed by atoms with E-state index in [1.54, 1.807) is 38.8 Å². The monoisotopic (exact) mass is 384 g/mol. The Morgan fingerprint density at radius 3 is 2.54 bits per heavy atom. The van der Waals surface area contributed by atoms with Gasteiger partial charge in [0.25, 0.3) is 0 Å². The molecule has 0 fully saturated rings. The minimum absolute atomic E-state index is 0.125. The molecule has 7 nitrogen and oxygen atoms in total. The summed E-state index contributed by atoms with van der Waals surface area (Å²) in [5, 5.41) is 0. The van der Waals surface area contributed by atoms with Gasteiger partial charge >= 0.3 is 5.97 Å². The molecular formula is C21H24N2O5. The molecule has 0 N–H and O–H groups in total. The number of carbonyl (C=O) groups is 2. The first kappa shape index (κ1) is 21.0. The van der Waals surface area contributed by atoms with Crippen molar-refractivity contribution in [3.05, 3.63) is 59.9 Å². The number of esters is 1. The van der Waals surface area contributed by atoms with E-state index in [-0.39, 0.29) is 12.5 Å². The molecule has 148 valence electrons. The van der Waals surface area contributed by atoms with E-state index in [1.807, 2.05) is 24.3 Å². The summed E-state index contributed by atoms with van der Waals surface area (Å²) in [5.74, 6) is 0.487. The highest BCUT2D eigenvalue weighted by Crippen LogP contribution is 2.27.